The van der Waals surface area contributed by atoms with Gasteiger partial charge < -0.3 is 9.64 Å². The summed E-state index contributed by atoms with van der Waals surface area (Å²) in [6.07, 6.45) is 4.27. The maximum absolute atomic E-state index is 14.5. The van der Waals surface area contributed by atoms with Crippen molar-refractivity contribution in [1.29, 1.82) is 0 Å². The average Bonchev–Trinajstić information content (AvgIpc) is 2.79. The van der Waals surface area contributed by atoms with Gasteiger partial charge in [0.15, 0.2) is 0 Å². The first kappa shape index (κ1) is 20.4. The van der Waals surface area contributed by atoms with Crippen LogP contribution in [0.15, 0.2) is 60.7 Å². The number of carbonyl (C=O) groups excluding carboxylic acids is 1. The molecule has 0 spiro atoms. The van der Waals surface area contributed by atoms with Crippen LogP contribution in [-0.2, 0) is 4.74 Å². The molecule has 0 amide bonds. The second-order valence-corrected chi connectivity index (χ2v) is 8.03. The molecule has 1 aliphatic carbocycles. The van der Waals surface area contributed by atoms with Gasteiger partial charge in [-0.25, -0.2) is 9.18 Å². The van der Waals surface area contributed by atoms with E-state index in [1.165, 1.54) is 29.6 Å². The first-order valence-corrected chi connectivity index (χ1v) is 10.7. The zero-order valence-electron chi connectivity index (χ0n) is 17.6. The van der Waals surface area contributed by atoms with E-state index in [2.05, 4.69) is 59.0 Å². The number of rotatable bonds is 5. The number of esters is 1. The van der Waals surface area contributed by atoms with Crippen LogP contribution in [0.5, 0.6) is 0 Å². The number of benzene rings is 3. The van der Waals surface area contributed by atoms with E-state index in [0.717, 1.165) is 37.8 Å². The van der Waals surface area contributed by atoms with Crippen LogP contribution in [0, 0.1) is 5.82 Å². The third kappa shape index (κ3) is 3.91. The van der Waals surface area contributed by atoms with Gasteiger partial charge in [-0.1, -0.05) is 48.9 Å². The summed E-state index contributed by atoms with van der Waals surface area (Å²) in [5.41, 5.74) is 2.24. The van der Waals surface area contributed by atoms with Crippen molar-refractivity contribution < 1.29 is 13.9 Å². The molecule has 1 aliphatic rings. The van der Waals surface area contributed by atoms with Crippen molar-refractivity contribution in [2.45, 2.75) is 44.6 Å². The first-order valence-electron chi connectivity index (χ1n) is 10.7. The predicted molar refractivity (Wildman–Crippen MR) is 120 cm³/mol. The highest BCUT2D eigenvalue weighted by Crippen LogP contribution is 2.38. The van der Waals surface area contributed by atoms with Crippen LogP contribution in [0.1, 0.15) is 54.4 Å². The molecule has 2 unspecified atom stereocenters. The third-order valence-corrected chi connectivity index (χ3v) is 6.37. The van der Waals surface area contributed by atoms with Gasteiger partial charge in [0.2, 0.25) is 0 Å². The predicted octanol–water partition coefficient (Wildman–Crippen LogP) is 6.32. The first-order chi connectivity index (χ1) is 14.6. The normalized spacial score (nSPS) is 18.9. The molecule has 0 radical (unpaired) electrons. The number of hydrogen-bond acceptors (Lipinski definition) is 3. The Morgan fingerprint density at radius 1 is 1.10 bits per heavy atom. The molecule has 1 saturated carbocycles. The summed E-state index contributed by atoms with van der Waals surface area (Å²) in [4.78, 5) is 14.2. The lowest BCUT2D eigenvalue weighted by Crippen LogP contribution is -2.38. The Kier molecular flexibility index (Phi) is 6.03. The molecule has 2 atom stereocenters. The Labute approximate surface area is 177 Å². The van der Waals surface area contributed by atoms with Gasteiger partial charge in [-0.05, 0) is 61.3 Å². The molecule has 4 heteroatoms. The van der Waals surface area contributed by atoms with Crippen LogP contribution in [0.2, 0.25) is 0 Å². The zero-order chi connectivity index (χ0) is 21.1. The molecule has 30 heavy (non-hydrogen) atoms. The number of methoxy groups -OCH3 is 1. The van der Waals surface area contributed by atoms with Crippen molar-refractivity contribution in [3.8, 4) is 0 Å². The topological polar surface area (TPSA) is 29.5 Å². The summed E-state index contributed by atoms with van der Waals surface area (Å²) in [7, 11) is 1.27. The van der Waals surface area contributed by atoms with Crippen LogP contribution in [0.25, 0.3) is 10.8 Å². The number of ether oxygens (including phenoxy) is 1. The molecular formula is C26H28FNO2. The van der Waals surface area contributed by atoms with Crippen LogP contribution >= 0.6 is 0 Å². The van der Waals surface area contributed by atoms with Crippen LogP contribution in [-0.4, -0.2) is 25.7 Å². The molecule has 0 saturated heterocycles. The fourth-order valence-electron chi connectivity index (χ4n) is 4.89. The Bertz CT molecular complexity index is 1040. The lowest BCUT2D eigenvalue weighted by atomic mass is 9.80. The summed E-state index contributed by atoms with van der Waals surface area (Å²) in [6.45, 7) is 3.14. The molecule has 0 heterocycles. The van der Waals surface area contributed by atoms with E-state index in [1.54, 1.807) is 6.07 Å². The van der Waals surface area contributed by atoms with Crippen molar-refractivity contribution in [2.24, 2.45) is 0 Å². The number of fused-ring (bicyclic) bond motifs is 1. The number of nitrogens with zero attached hydrogens (tertiary/aromatic N) is 1. The average molecular weight is 406 g/mol. The van der Waals surface area contributed by atoms with E-state index in [1.807, 2.05) is 6.07 Å². The van der Waals surface area contributed by atoms with Crippen LogP contribution < -0.4 is 4.90 Å². The second kappa shape index (κ2) is 8.86. The molecule has 156 valence electrons. The van der Waals surface area contributed by atoms with Crippen LogP contribution in [0.3, 0.4) is 0 Å². The second-order valence-electron chi connectivity index (χ2n) is 8.03. The lowest BCUT2D eigenvalue weighted by Gasteiger charge is -2.39. The Morgan fingerprint density at radius 2 is 1.90 bits per heavy atom. The number of anilines is 1. The molecule has 1 fully saturated rings. The molecule has 0 aromatic heterocycles. The Balaban J connectivity index is 1.60. The van der Waals surface area contributed by atoms with Gasteiger partial charge in [0.25, 0.3) is 0 Å². The minimum Gasteiger partial charge on any atom is -0.465 e. The van der Waals surface area contributed by atoms with Gasteiger partial charge in [-0.2, -0.15) is 0 Å². The van der Waals surface area contributed by atoms with E-state index < -0.39 is 11.8 Å². The van der Waals surface area contributed by atoms with E-state index in [-0.39, 0.29) is 11.5 Å². The lowest BCUT2D eigenvalue weighted by molar-refractivity contribution is 0.0595. The van der Waals surface area contributed by atoms with Gasteiger partial charge in [0.05, 0.1) is 12.7 Å². The van der Waals surface area contributed by atoms with Gasteiger partial charge in [0, 0.05) is 23.7 Å². The highest BCUT2D eigenvalue weighted by molar-refractivity contribution is 5.94. The smallest absolute Gasteiger partial charge is 0.340 e. The van der Waals surface area contributed by atoms with Gasteiger partial charge in [0.1, 0.15) is 5.82 Å². The molecular weight excluding hydrogens is 377 g/mol. The van der Waals surface area contributed by atoms with Crippen molar-refractivity contribution in [1.82, 2.24) is 0 Å². The minimum absolute atomic E-state index is 0.000417. The SMILES string of the molecule is CCN(c1cccc2ccccc12)C1CCCC(c2ccc(C(=O)OC)c(F)c2)C1. The molecule has 3 aromatic carbocycles. The standard InChI is InChI=1S/C26H28FNO2/c1-3-28(25-13-7-9-18-8-4-5-12-22(18)25)21-11-6-10-19(16-21)20-14-15-23(24(27)17-20)26(29)30-2/h4-5,7-9,12-15,17,19,21H,3,6,10-11,16H2,1-2H3. The quantitative estimate of drug-likeness (QED) is 0.465. The zero-order valence-corrected chi connectivity index (χ0v) is 17.6. The minimum atomic E-state index is -0.631. The molecule has 3 nitrogen and oxygen atoms in total. The van der Waals surface area contributed by atoms with Gasteiger partial charge >= 0.3 is 5.97 Å². The number of carbonyl (C=O) groups is 1. The van der Waals surface area contributed by atoms with E-state index in [0.29, 0.717) is 6.04 Å². The van der Waals surface area contributed by atoms with Gasteiger partial charge in [-0.3, -0.25) is 0 Å². The molecule has 3 aromatic rings. The summed E-state index contributed by atoms with van der Waals surface area (Å²) in [5.74, 6) is -0.842. The highest BCUT2D eigenvalue weighted by Gasteiger charge is 2.28. The summed E-state index contributed by atoms with van der Waals surface area (Å²) >= 11 is 0. The van der Waals surface area contributed by atoms with Crippen molar-refractivity contribution in [3.63, 3.8) is 0 Å². The highest BCUT2D eigenvalue weighted by atomic mass is 19.1. The van der Waals surface area contributed by atoms with Crippen molar-refractivity contribution in [3.05, 3.63) is 77.6 Å². The Hall–Kier alpha value is -2.88. The van der Waals surface area contributed by atoms with E-state index in [9.17, 15) is 9.18 Å². The molecule has 0 N–H and O–H groups in total. The molecule has 4 rings (SSSR count). The largest absolute Gasteiger partial charge is 0.465 e. The van der Waals surface area contributed by atoms with E-state index in [4.69, 9.17) is 0 Å². The van der Waals surface area contributed by atoms with Gasteiger partial charge in [-0.15, -0.1) is 0 Å². The fraction of sp³-hybridized carbons (Fsp3) is 0.346. The maximum Gasteiger partial charge on any atom is 0.340 e. The van der Waals surface area contributed by atoms with E-state index >= 15 is 0 Å². The third-order valence-electron chi connectivity index (χ3n) is 6.37. The van der Waals surface area contributed by atoms with Crippen molar-refractivity contribution >= 4 is 22.4 Å². The summed E-state index contributed by atoms with van der Waals surface area (Å²) in [5, 5.41) is 2.53. The summed E-state index contributed by atoms with van der Waals surface area (Å²) < 4.78 is 19.2. The van der Waals surface area contributed by atoms with Crippen molar-refractivity contribution in [2.75, 3.05) is 18.6 Å². The maximum atomic E-state index is 14.5. The van der Waals surface area contributed by atoms with Crippen LogP contribution in [0.4, 0.5) is 10.1 Å². The molecule has 0 aliphatic heterocycles. The molecule has 0 bridgehead atoms. The fourth-order valence-corrected chi connectivity index (χ4v) is 4.89. The number of halogens is 1. The Morgan fingerprint density at radius 3 is 2.67 bits per heavy atom. The monoisotopic (exact) mass is 405 g/mol. The number of hydrogen-bond donors (Lipinski definition) is 0. The summed E-state index contributed by atoms with van der Waals surface area (Å²) in [6, 6.07) is 20.4.